The van der Waals surface area contributed by atoms with E-state index in [0.717, 1.165) is 0 Å². The fourth-order valence-corrected chi connectivity index (χ4v) is 3.24. The minimum absolute atomic E-state index is 0.413. The largest absolute Gasteiger partial charge is 0.272 e. The third-order valence-electron chi connectivity index (χ3n) is 4.21. The summed E-state index contributed by atoms with van der Waals surface area (Å²) in [5.74, 6) is -1.49. The second-order valence-electron chi connectivity index (χ2n) is 4.96. The van der Waals surface area contributed by atoms with Crippen LogP contribution >= 0.6 is 0 Å². The second kappa shape index (κ2) is 3.64. The van der Waals surface area contributed by atoms with Gasteiger partial charge in [0, 0.05) is 5.92 Å². The van der Waals surface area contributed by atoms with Crippen LogP contribution in [0.4, 0.5) is 4.39 Å². The summed E-state index contributed by atoms with van der Waals surface area (Å²) in [5.41, 5.74) is 0.588. The van der Waals surface area contributed by atoms with E-state index >= 15 is 0 Å². The number of halogens is 1. The molecule has 1 saturated carbocycles. The number of rotatable bonds is 1. The van der Waals surface area contributed by atoms with Crippen molar-refractivity contribution in [3.63, 3.8) is 0 Å². The number of amides is 1. The van der Waals surface area contributed by atoms with Crippen LogP contribution in [0.1, 0.15) is 18.4 Å². The zero-order valence-electron chi connectivity index (χ0n) is 10.5. The van der Waals surface area contributed by atoms with Crippen LogP contribution < -0.4 is 5.43 Å². The number of hydrogen-bond donors (Lipinski definition) is 1. The van der Waals surface area contributed by atoms with Crippen molar-refractivity contribution in [2.75, 3.05) is 0 Å². The number of nitrogens with zero attached hydrogens (tertiary/aromatic N) is 3. The molecule has 1 aromatic carbocycles. The van der Waals surface area contributed by atoms with Crippen molar-refractivity contribution >= 4 is 11.6 Å². The van der Waals surface area contributed by atoms with Gasteiger partial charge in [-0.15, -0.1) is 0 Å². The number of nitrogens with one attached hydrogen (secondary N) is 1. The van der Waals surface area contributed by atoms with Gasteiger partial charge in [0.25, 0.3) is 5.91 Å². The molecule has 2 unspecified atom stereocenters. The Labute approximate surface area is 114 Å². The van der Waals surface area contributed by atoms with E-state index in [1.165, 1.54) is 24.3 Å². The van der Waals surface area contributed by atoms with Crippen molar-refractivity contribution in [3.05, 3.63) is 35.6 Å². The highest BCUT2D eigenvalue weighted by molar-refractivity contribution is 6.18. The smallest absolute Gasteiger partial charge is 0.255 e. The van der Waals surface area contributed by atoms with Gasteiger partial charge in [-0.1, -0.05) is 12.1 Å². The SMILES string of the molecule is CC1=NNC(=O)C12C(c1ccc(F)cc1)C2(C#N)C#N. The first-order chi connectivity index (χ1) is 9.54. The van der Waals surface area contributed by atoms with Crippen LogP contribution in [0, 0.1) is 39.3 Å². The van der Waals surface area contributed by atoms with Crippen molar-refractivity contribution in [1.29, 1.82) is 10.5 Å². The van der Waals surface area contributed by atoms with Crippen LogP contribution in [0.15, 0.2) is 29.4 Å². The topological polar surface area (TPSA) is 89.0 Å². The average Bonchev–Trinajstić information content (AvgIpc) is 2.99. The number of carbonyl (C=O) groups excluding carboxylic acids is 1. The van der Waals surface area contributed by atoms with Crippen LogP contribution in [0.3, 0.4) is 0 Å². The van der Waals surface area contributed by atoms with Gasteiger partial charge in [0.05, 0.1) is 17.9 Å². The molecule has 20 heavy (non-hydrogen) atoms. The van der Waals surface area contributed by atoms with Crippen molar-refractivity contribution in [3.8, 4) is 12.1 Å². The monoisotopic (exact) mass is 268 g/mol. The maximum absolute atomic E-state index is 13.0. The second-order valence-corrected chi connectivity index (χ2v) is 4.96. The first-order valence-corrected chi connectivity index (χ1v) is 5.97. The fraction of sp³-hybridized carbons (Fsp3) is 0.286. The lowest BCUT2D eigenvalue weighted by Gasteiger charge is -2.06. The van der Waals surface area contributed by atoms with Gasteiger partial charge in [-0.2, -0.15) is 15.6 Å². The van der Waals surface area contributed by atoms with Crippen molar-refractivity contribution in [2.45, 2.75) is 12.8 Å². The number of carbonyl (C=O) groups is 1. The quantitative estimate of drug-likeness (QED) is 0.835. The summed E-state index contributed by atoms with van der Waals surface area (Å²) in [6.07, 6.45) is 0. The third kappa shape index (κ3) is 1.10. The van der Waals surface area contributed by atoms with E-state index in [0.29, 0.717) is 11.3 Å². The van der Waals surface area contributed by atoms with Gasteiger partial charge in [-0.25, -0.2) is 9.82 Å². The Morgan fingerprint density at radius 3 is 2.35 bits per heavy atom. The standard InChI is InChI=1S/C14H9FN4O/c1-8-14(12(20)19-18-8)11(13(14,6-16)7-17)9-2-4-10(15)5-3-9/h2-5,11H,1H3,(H,19,20). The Balaban J connectivity index is 2.19. The minimum atomic E-state index is -1.49. The summed E-state index contributed by atoms with van der Waals surface area (Å²) in [6, 6.07) is 9.42. The Hall–Kier alpha value is -2.73. The molecule has 0 aromatic heterocycles. The summed E-state index contributed by atoms with van der Waals surface area (Å²) in [4.78, 5) is 12.2. The van der Waals surface area contributed by atoms with Gasteiger partial charge in [-0.3, -0.25) is 4.79 Å². The lowest BCUT2D eigenvalue weighted by Crippen LogP contribution is -2.29. The average molecular weight is 268 g/mol. The van der Waals surface area contributed by atoms with E-state index in [1.807, 2.05) is 12.1 Å². The van der Waals surface area contributed by atoms with Gasteiger partial charge >= 0.3 is 0 Å². The van der Waals surface area contributed by atoms with E-state index in [4.69, 9.17) is 0 Å². The first-order valence-electron chi connectivity index (χ1n) is 5.97. The molecular weight excluding hydrogens is 259 g/mol. The van der Waals surface area contributed by atoms with Crippen molar-refractivity contribution in [2.24, 2.45) is 15.9 Å². The molecule has 1 aliphatic heterocycles. The van der Waals surface area contributed by atoms with Crippen molar-refractivity contribution in [1.82, 2.24) is 5.43 Å². The number of hydrogen-bond acceptors (Lipinski definition) is 4. The number of hydrazone groups is 1. The lowest BCUT2D eigenvalue weighted by atomic mass is 9.90. The Morgan fingerprint density at radius 1 is 1.30 bits per heavy atom. The molecule has 1 heterocycles. The molecule has 1 spiro atoms. The fourth-order valence-electron chi connectivity index (χ4n) is 3.24. The normalized spacial score (nSPS) is 29.3. The van der Waals surface area contributed by atoms with Crippen LogP contribution in [0.5, 0.6) is 0 Å². The molecule has 0 bridgehead atoms. The van der Waals surface area contributed by atoms with Gasteiger partial charge < -0.3 is 0 Å². The number of benzene rings is 1. The number of nitriles is 2. The Bertz CT molecular complexity index is 711. The highest BCUT2D eigenvalue weighted by atomic mass is 19.1. The minimum Gasteiger partial charge on any atom is -0.272 e. The van der Waals surface area contributed by atoms with Gasteiger partial charge in [0.2, 0.25) is 0 Å². The predicted octanol–water partition coefficient (Wildman–Crippen LogP) is 1.45. The molecule has 1 aromatic rings. The Kier molecular flexibility index (Phi) is 2.24. The molecule has 1 N–H and O–H groups in total. The summed E-state index contributed by atoms with van der Waals surface area (Å²) in [7, 11) is 0. The van der Waals surface area contributed by atoms with E-state index in [-0.39, 0.29) is 0 Å². The maximum atomic E-state index is 13.0. The van der Waals surface area contributed by atoms with Crippen molar-refractivity contribution < 1.29 is 9.18 Å². The molecule has 2 aliphatic rings. The third-order valence-corrected chi connectivity index (χ3v) is 4.21. The molecule has 5 nitrogen and oxygen atoms in total. The van der Waals surface area contributed by atoms with Crippen LogP contribution in [-0.4, -0.2) is 11.6 Å². The van der Waals surface area contributed by atoms with Crippen LogP contribution in [0.2, 0.25) is 0 Å². The molecule has 2 atom stereocenters. The van der Waals surface area contributed by atoms with Gasteiger partial charge in [0.15, 0.2) is 5.41 Å². The molecule has 3 rings (SSSR count). The van der Waals surface area contributed by atoms with E-state index in [1.54, 1.807) is 6.92 Å². The summed E-state index contributed by atoms with van der Waals surface area (Å²) in [5, 5.41) is 22.7. The predicted molar refractivity (Wildman–Crippen MR) is 66.5 cm³/mol. The molecule has 1 amide bonds. The lowest BCUT2D eigenvalue weighted by molar-refractivity contribution is -0.123. The van der Waals surface area contributed by atoms with E-state index in [9.17, 15) is 19.7 Å². The van der Waals surface area contributed by atoms with E-state index < -0.39 is 28.5 Å². The maximum Gasteiger partial charge on any atom is 0.255 e. The molecule has 1 aliphatic carbocycles. The van der Waals surface area contributed by atoms with Gasteiger partial charge in [0.1, 0.15) is 11.2 Å². The zero-order chi connectivity index (χ0) is 14.5. The first kappa shape index (κ1) is 12.3. The summed E-state index contributed by atoms with van der Waals surface area (Å²) < 4.78 is 13.0. The van der Waals surface area contributed by atoms with Crippen LogP contribution in [-0.2, 0) is 4.79 Å². The molecule has 0 radical (unpaired) electrons. The summed E-state index contributed by atoms with van der Waals surface area (Å²) >= 11 is 0. The Morgan fingerprint density at radius 2 is 1.90 bits per heavy atom. The molecule has 0 saturated heterocycles. The zero-order valence-corrected chi connectivity index (χ0v) is 10.5. The highest BCUT2D eigenvalue weighted by Gasteiger charge is 2.86. The van der Waals surface area contributed by atoms with Crippen LogP contribution in [0.25, 0.3) is 0 Å². The highest BCUT2D eigenvalue weighted by Crippen LogP contribution is 2.75. The molecule has 1 fully saturated rings. The molecule has 98 valence electrons. The summed E-state index contributed by atoms with van der Waals surface area (Å²) in [6.45, 7) is 1.62. The molecule has 6 heteroatoms. The molecular formula is C14H9FN4O. The van der Waals surface area contributed by atoms with Gasteiger partial charge in [-0.05, 0) is 24.6 Å². The van der Waals surface area contributed by atoms with E-state index in [2.05, 4.69) is 10.5 Å².